The first-order valence-electron chi connectivity index (χ1n) is 17.0. The molecule has 1 aliphatic carbocycles. The summed E-state index contributed by atoms with van der Waals surface area (Å²) in [5.41, 5.74) is 1.99. The van der Waals surface area contributed by atoms with Crippen molar-refractivity contribution in [3.05, 3.63) is 66.5 Å². The van der Waals surface area contributed by atoms with Crippen LogP contribution in [-0.2, 0) is 21.2 Å². The van der Waals surface area contributed by atoms with Gasteiger partial charge in [-0.3, -0.25) is 9.69 Å². The molecule has 4 heterocycles. The van der Waals surface area contributed by atoms with Crippen LogP contribution in [0.2, 0.25) is 0 Å². The highest BCUT2D eigenvalue weighted by Crippen LogP contribution is 2.37. The van der Waals surface area contributed by atoms with Crippen molar-refractivity contribution in [3.63, 3.8) is 0 Å². The van der Waals surface area contributed by atoms with Crippen LogP contribution in [0.4, 0.5) is 27.0 Å². The smallest absolute Gasteiger partial charge is 0.324 e. The number of carbonyl (C=O) groups is 3. The van der Waals surface area contributed by atoms with Crippen LogP contribution in [0.25, 0.3) is 11.2 Å². The second-order valence-corrected chi connectivity index (χ2v) is 14.8. The Hall–Kier alpha value is -5.41. The van der Waals surface area contributed by atoms with Gasteiger partial charge in [-0.1, -0.05) is 30.3 Å². The molecule has 19 nitrogen and oxygen atoms in total. The summed E-state index contributed by atoms with van der Waals surface area (Å²) >= 11 is 0. The molecule has 9 N–H and O–H groups in total. The third kappa shape index (κ3) is 7.44. The van der Waals surface area contributed by atoms with Crippen LogP contribution in [0.15, 0.2) is 65.8 Å². The lowest BCUT2D eigenvalue weighted by Crippen LogP contribution is -2.46. The second kappa shape index (κ2) is 14.5. The summed E-state index contributed by atoms with van der Waals surface area (Å²) in [7, 11) is -3.88. The molecule has 0 unspecified atom stereocenters. The van der Waals surface area contributed by atoms with E-state index >= 15 is 0 Å². The summed E-state index contributed by atoms with van der Waals surface area (Å²) in [4.78, 5) is 54.7. The SMILES string of the molecule is NS(=O)(=O)c1ccc(NC(=O)N[C@@H]2CCN(c3nc(N[C@H](CO)Cc4ccccc4)c4ncn([C@@H]5C[C@H](N6C(=O)CNC6=O)[C@@H](O)[C@H]5O)c4n3)C2)cc1. The van der Waals surface area contributed by atoms with Gasteiger partial charge in [0.2, 0.25) is 21.9 Å². The van der Waals surface area contributed by atoms with E-state index in [9.17, 15) is 38.1 Å². The Kier molecular flexibility index (Phi) is 9.87. The lowest BCUT2D eigenvalue weighted by Gasteiger charge is -2.23. The van der Waals surface area contributed by atoms with E-state index in [1.807, 2.05) is 35.2 Å². The van der Waals surface area contributed by atoms with E-state index < -0.39 is 58.3 Å². The zero-order valence-corrected chi connectivity index (χ0v) is 29.1. The number of hydrogen-bond donors (Lipinski definition) is 8. The monoisotopic (exact) mass is 749 g/mol. The summed E-state index contributed by atoms with van der Waals surface area (Å²) in [5.74, 6) is 0.0902. The van der Waals surface area contributed by atoms with Crippen molar-refractivity contribution < 1.29 is 38.1 Å². The minimum absolute atomic E-state index is 0.0396. The quantitative estimate of drug-likeness (QED) is 0.0898. The molecular formula is C33H39N11O8S. The van der Waals surface area contributed by atoms with Gasteiger partial charge in [-0.15, -0.1) is 0 Å². The van der Waals surface area contributed by atoms with Gasteiger partial charge in [-0.25, -0.2) is 28.1 Å². The van der Waals surface area contributed by atoms with Crippen molar-refractivity contribution in [2.24, 2.45) is 5.14 Å². The number of sulfonamides is 1. The summed E-state index contributed by atoms with van der Waals surface area (Å²) in [6.07, 6.45) is -0.283. The van der Waals surface area contributed by atoms with E-state index in [4.69, 9.17) is 15.1 Å². The average Bonchev–Trinajstić information content (AvgIpc) is 3.91. The van der Waals surface area contributed by atoms with Crippen molar-refractivity contribution >= 4 is 56.6 Å². The molecule has 53 heavy (non-hydrogen) atoms. The molecule has 6 atom stereocenters. The Morgan fingerprint density at radius 2 is 1.77 bits per heavy atom. The highest BCUT2D eigenvalue weighted by Gasteiger charge is 2.50. The number of urea groups is 2. The molecule has 20 heteroatoms. The molecule has 3 aliphatic rings. The van der Waals surface area contributed by atoms with E-state index in [0.717, 1.165) is 10.5 Å². The lowest BCUT2D eigenvalue weighted by molar-refractivity contribution is -0.128. The third-order valence-electron chi connectivity index (χ3n) is 9.73. The molecule has 1 saturated carbocycles. The third-order valence-corrected chi connectivity index (χ3v) is 10.7. The number of fused-ring (bicyclic) bond motifs is 1. The topological polar surface area (TPSA) is 270 Å². The van der Waals surface area contributed by atoms with Gasteiger partial charge in [0, 0.05) is 24.8 Å². The van der Waals surface area contributed by atoms with Gasteiger partial charge >= 0.3 is 12.1 Å². The van der Waals surface area contributed by atoms with Crippen molar-refractivity contribution in [2.45, 2.75) is 60.5 Å². The number of nitrogens with two attached hydrogens (primary N) is 1. The van der Waals surface area contributed by atoms with Crippen LogP contribution >= 0.6 is 0 Å². The average molecular weight is 750 g/mol. The number of anilines is 3. The van der Waals surface area contributed by atoms with Crippen LogP contribution in [0.3, 0.4) is 0 Å². The number of carbonyl (C=O) groups excluding carboxylic acids is 3. The van der Waals surface area contributed by atoms with Gasteiger partial charge in [0.1, 0.15) is 12.2 Å². The number of amides is 5. The Morgan fingerprint density at radius 1 is 1.04 bits per heavy atom. The van der Waals surface area contributed by atoms with Gasteiger partial charge < -0.3 is 46.1 Å². The zero-order valence-electron chi connectivity index (χ0n) is 28.2. The van der Waals surface area contributed by atoms with Crippen molar-refractivity contribution in [1.29, 1.82) is 0 Å². The van der Waals surface area contributed by atoms with Crippen molar-refractivity contribution in [2.75, 3.05) is 41.8 Å². The molecule has 7 rings (SSSR count). The first kappa shape index (κ1) is 36.0. The molecule has 2 aromatic heterocycles. The molecule has 0 bridgehead atoms. The van der Waals surface area contributed by atoms with Crippen molar-refractivity contribution in [3.8, 4) is 0 Å². The van der Waals surface area contributed by atoms with E-state index in [0.29, 0.717) is 48.6 Å². The number of aromatic nitrogens is 4. The Balaban J connectivity index is 1.14. The van der Waals surface area contributed by atoms with Gasteiger partial charge in [-0.2, -0.15) is 9.97 Å². The minimum Gasteiger partial charge on any atom is -0.394 e. The summed E-state index contributed by atoms with van der Waals surface area (Å²) in [6, 6.07) is 11.3. The second-order valence-electron chi connectivity index (χ2n) is 13.3. The maximum Gasteiger partial charge on any atom is 0.324 e. The summed E-state index contributed by atoms with van der Waals surface area (Å²) in [6.45, 7) is 0.356. The number of imidazole rings is 1. The molecule has 0 spiro atoms. The van der Waals surface area contributed by atoms with Gasteiger partial charge in [0.05, 0.1) is 42.5 Å². The van der Waals surface area contributed by atoms with Crippen LogP contribution in [0.5, 0.6) is 0 Å². The predicted molar refractivity (Wildman–Crippen MR) is 190 cm³/mol. The fraction of sp³-hybridized carbons (Fsp3) is 0.394. The molecule has 0 radical (unpaired) electrons. The molecule has 2 saturated heterocycles. The summed E-state index contributed by atoms with van der Waals surface area (Å²) in [5, 5.41) is 49.1. The maximum atomic E-state index is 12.8. The number of aliphatic hydroxyl groups excluding tert-OH is 3. The number of imide groups is 1. The molecule has 3 fully saturated rings. The first-order valence-corrected chi connectivity index (χ1v) is 18.5. The minimum atomic E-state index is -3.88. The fourth-order valence-corrected chi connectivity index (χ4v) is 7.59. The number of nitrogens with zero attached hydrogens (tertiary/aromatic N) is 6. The van der Waals surface area contributed by atoms with Crippen LogP contribution in [-0.4, -0.2) is 123 Å². The Bertz CT molecular complexity index is 2100. The molecular weight excluding hydrogens is 710 g/mol. The number of nitrogens with one attached hydrogen (secondary N) is 4. The summed E-state index contributed by atoms with van der Waals surface area (Å²) < 4.78 is 24.7. The fourth-order valence-electron chi connectivity index (χ4n) is 7.07. The molecule has 4 aromatic rings. The number of primary sulfonamides is 1. The highest BCUT2D eigenvalue weighted by atomic mass is 32.2. The molecule has 2 aromatic carbocycles. The van der Waals surface area contributed by atoms with Crippen LogP contribution < -0.4 is 31.3 Å². The van der Waals surface area contributed by atoms with Crippen LogP contribution in [0, 0.1) is 0 Å². The standard InChI is InChI=1S/C33H39N11O8S/c34-53(51,52)22-8-6-19(7-9-22)38-32(49)39-20-10-11-42(15-20)31-40-29(37-21(16-45)12-18-4-2-1-3-5-18)26-30(41-31)43(17-36-26)23-13-24(28(48)27(23)47)44-25(46)14-35-33(44)50/h1-9,17,20-21,23-24,27-28,45,47-48H,10-16H2,(H,35,50)(H2,34,51,52)(H,37,40,41)(H2,38,39,49)/t20-,21+,23-,24+,27+,28-/m1/s1. The van der Waals surface area contributed by atoms with Gasteiger partial charge in [0.15, 0.2) is 17.0 Å². The van der Waals surface area contributed by atoms with Crippen molar-refractivity contribution in [1.82, 2.24) is 35.1 Å². The number of aliphatic hydroxyl groups is 3. The van der Waals surface area contributed by atoms with E-state index in [-0.39, 0.29) is 36.5 Å². The van der Waals surface area contributed by atoms with E-state index in [2.05, 4.69) is 26.3 Å². The number of hydrogen-bond acceptors (Lipinski definition) is 13. The molecule has 5 amide bonds. The Labute approximate surface area is 303 Å². The number of benzene rings is 2. The largest absolute Gasteiger partial charge is 0.394 e. The first-order chi connectivity index (χ1) is 25.4. The zero-order chi connectivity index (χ0) is 37.4. The van der Waals surface area contributed by atoms with Gasteiger partial charge in [-0.05, 0) is 49.1 Å². The normalized spacial score (nSPS) is 23.7. The number of rotatable bonds is 11. The lowest BCUT2D eigenvalue weighted by atomic mass is 10.1. The predicted octanol–water partition coefficient (Wildman–Crippen LogP) is -0.523. The van der Waals surface area contributed by atoms with E-state index in [1.165, 1.54) is 30.6 Å². The van der Waals surface area contributed by atoms with Crippen LogP contribution in [0.1, 0.15) is 24.4 Å². The Morgan fingerprint density at radius 3 is 2.45 bits per heavy atom. The molecule has 280 valence electrons. The van der Waals surface area contributed by atoms with E-state index in [1.54, 1.807) is 4.57 Å². The highest BCUT2D eigenvalue weighted by molar-refractivity contribution is 7.89. The maximum absolute atomic E-state index is 12.8. The molecule has 2 aliphatic heterocycles. The van der Waals surface area contributed by atoms with Gasteiger partial charge in [0.25, 0.3) is 0 Å².